The second kappa shape index (κ2) is 14.0. The van der Waals surface area contributed by atoms with Crippen molar-refractivity contribution in [2.75, 3.05) is 58.5 Å². The topological polar surface area (TPSA) is 93.2 Å². The number of rotatable bonds is 12. The van der Waals surface area contributed by atoms with E-state index < -0.39 is 0 Å². The van der Waals surface area contributed by atoms with Gasteiger partial charge >= 0.3 is 0 Å². The molecule has 0 aliphatic carbocycles. The lowest BCUT2D eigenvalue weighted by molar-refractivity contribution is -0.131. The zero-order chi connectivity index (χ0) is 27.5. The van der Waals surface area contributed by atoms with Crippen LogP contribution < -0.4 is 24.4 Å². The Bertz CT molecular complexity index is 1230. The first-order valence-corrected chi connectivity index (χ1v) is 13.2. The zero-order valence-electron chi connectivity index (χ0n) is 22.6. The highest BCUT2D eigenvalue weighted by Gasteiger charge is 2.24. The Hall–Kier alpha value is -4.27. The number of methoxy groups -OCH3 is 2. The van der Waals surface area contributed by atoms with Gasteiger partial charge < -0.3 is 29.3 Å². The number of carbonyl (C=O) groups excluding carboxylic acids is 2. The van der Waals surface area contributed by atoms with E-state index in [0.29, 0.717) is 81.5 Å². The monoisotopic (exact) mass is 532 g/mol. The molecule has 0 radical (unpaired) electrons. The lowest BCUT2D eigenvalue weighted by atomic mass is 10.1. The number of piperazine rings is 1. The van der Waals surface area contributed by atoms with Gasteiger partial charge in [-0.1, -0.05) is 24.3 Å². The Balaban J connectivity index is 1.24. The number of hydrogen-bond donors (Lipinski definition) is 1. The zero-order valence-corrected chi connectivity index (χ0v) is 22.6. The first-order chi connectivity index (χ1) is 19.1. The number of pyridine rings is 1. The molecular formula is C30H36N4O5. The van der Waals surface area contributed by atoms with Crippen molar-refractivity contribution < 1.29 is 23.8 Å². The predicted molar refractivity (Wildman–Crippen MR) is 150 cm³/mol. The van der Waals surface area contributed by atoms with Crippen molar-refractivity contribution in [3.63, 3.8) is 0 Å². The Labute approximate surface area is 229 Å². The maximum Gasteiger partial charge on any atom is 0.255 e. The van der Waals surface area contributed by atoms with Gasteiger partial charge in [-0.25, -0.2) is 4.98 Å². The van der Waals surface area contributed by atoms with Gasteiger partial charge in [0.1, 0.15) is 11.6 Å². The van der Waals surface area contributed by atoms with E-state index in [1.165, 1.54) is 0 Å². The third kappa shape index (κ3) is 7.63. The minimum atomic E-state index is -0.171. The van der Waals surface area contributed by atoms with Crippen molar-refractivity contribution >= 4 is 17.6 Å². The van der Waals surface area contributed by atoms with Crippen LogP contribution in [-0.4, -0.2) is 75.2 Å². The normalized spacial score (nSPS) is 13.1. The summed E-state index contributed by atoms with van der Waals surface area (Å²) in [6.07, 6.45) is 3.46. The van der Waals surface area contributed by atoms with Crippen molar-refractivity contribution in [3.8, 4) is 17.2 Å². The van der Waals surface area contributed by atoms with Crippen LogP contribution in [0.25, 0.3) is 0 Å². The lowest BCUT2D eigenvalue weighted by Gasteiger charge is -2.36. The molecule has 2 amide bonds. The maximum absolute atomic E-state index is 13.0. The van der Waals surface area contributed by atoms with Crippen LogP contribution in [0.2, 0.25) is 0 Å². The highest BCUT2D eigenvalue weighted by molar-refractivity contribution is 5.99. The van der Waals surface area contributed by atoms with Gasteiger partial charge in [0.2, 0.25) is 5.91 Å². The Morgan fingerprint density at radius 2 is 1.69 bits per heavy atom. The molecule has 0 spiro atoms. The molecule has 2 aromatic carbocycles. The average molecular weight is 533 g/mol. The van der Waals surface area contributed by atoms with Crippen LogP contribution in [0, 0.1) is 0 Å². The second-order valence-corrected chi connectivity index (χ2v) is 9.20. The largest absolute Gasteiger partial charge is 0.494 e. The number of nitrogens with one attached hydrogen (secondary N) is 1. The molecule has 1 saturated heterocycles. The number of para-hydroxylation sites is 1. The SMILES string of the molecule is COc1ccc(CCNC(=O)c2cccnc2N2CCN(C(=O)CCCOc3ccccc3)CC2)cc1OC. The summed E-state index contributed by atoms with van der Waals surface area (Å²) in [5.41, 5.74) is 1.56. The Morgan fingerprint density at radius 3 is 2.44 bits per heavy atom. The summed E-state index contributed by atoms with van der Waals surface area (Å²) < 4.78 is 16.3. The molecule has 0 saturated carbocycles. The highest BCUT2D eigenvalue weighted by Crippen LogP contribution is 2.27. The van der Waals surface area contributed by atoms with Gasteiger partial charge in [-0.05, 0) is 54.8 Å². The van der Waals surface area contributed by atoms with E-state index in [9.17, 15) is 9.59 Å². The van der Waals surface area contributed by atoms with Crippen molar-refractivity contribution in [1.29, 1.82) is 0 Å². The van der Waals surface area contributed by atoms with Crippen molar-refractivity contribution in [1.82, 2.24) is 15.2 Å². The molecule has 1 aromatic heterocycles. The summed E-state index contributed by atoms with van der Waals surface area (Å²) in [6.45, 7) is 3.40. The van der Waals surface area contributed by atoms with Crippen LogP contribution in [0.4, 0.5) is 5.82 Å². The molecule has 9 nitrogen and oxygen atoms in total. The fraction of sp³-hybridized carbons (Fsp3) is 0.367. The van der Waals surface area contributed by atoms with Crippen LogP contribution in [0.3, 0.4) is 0 Å². The second-order valence-electron chi connectivity index (χ2n) is 9.20. The van der Waals surface area contributed by atoms with Gasteiger partial charge in [-0.2, -0.15) is 0 Å². The van der Waals surface area contributed by atoms with Crippen LogP contribution >= 0.6 is 0 Å². The first kappa shape index (κ1) is 27.8. The number of benzene rings is 2. The minimum absolute atomic E-state index is 0.125. The summed E-state index contributed by atoms with van der Waals surface area (Å²) in [5.74, 6) is 2.74. The Kier molecular flexibility index (Phi) is 9.99. The molecule has 0 atom stereocenters. The average Bonchev–Trinajstić information content (AvgIpc) is 2.99. The number of aromatic nitrogens is 1. The molecule has 39 heavy (non-hydrogen) atoms. The Morgan fingerprint density at radius 1 is 0.923 bits per heavy atom. The summed E-state index contributed by atoms with van der Waals surface area (Å²) in [6, 6.07) is 18.9. The molecule has 3 aromatic rings. The highest BCUT2D eigenvalue weighted by atomic mass is 16.5. The quantitative estimate of drug-likeness (QED) is 0.357. The molecule has 9 heteroatoms. The predicted octanol–water partition coefficient (Wildman–Crippen LogP) is 3.58. The van der Waals surface area contributed by atoms with Gasteiger partial charge in [0.25, 0.3) is 5.91 Å². The van der Waals surface area contributed by atoms with E-state index in [1.54, 1.807) is 32.5 Å². The number of anilines is 1. The molecule has 4 rings (SSSR count). The molecule has 0 bridgehead atoms. The van der Waals surface area contributed by atoms with E-state index in [2.05, 4.69) is 15.2 Å². The number of nitrogens with zero attached hydrogens (tertiary/aromatic N) is 3. The van der Waals surface area contributed by atoms with Gasteiger partial charge in [0.15, 0.2) is 11.5 Å². The summed E-state index contributed by atoms with van der Waals surface area (Å²) in [7, 11) is 3.20. The van der Waals surface area contributed by atoms with Crippen molar-refractivity contribution in [3.05, 3.63) is 78.0 Å². The minimum Gasteiger partial charge on any atom is -0.494 e. The van der Waals surface area contributed by atoms with E-state index >= 15 is 0 Å². The van der Waals surface area contributed by atoms with E-state index in [4.69, 9.17) is 14.2 Å². The molecular weight excluding hydrogens is 496 g/mol. The number of amides is 2. The molecule has 0 unspecified atom stereocenters. The van der Waals surface area contributed by atoms with E-state index in [0.717, 1.165) is 11.3 Å². The number of hydrogen-bond acceptors (Lipinski definition) is 7. The third-order valence-corrected chi connectivity index (χ3v) is 6.66. The molecule has 206 valence electrons. The van der Waals surface area contributed by atoms with E-state index in [1.807, 2.05) is 53.4 Å². The lowest BCUT2D eigenvalue weighted by Crippen LogP contribution is -2.49. The fourth-order valence-corrected chi connectivity index (χ4v) is 4.53. The van der Waals surface area contributed by atoms with Gasteiger partial charge in [-0.3, -0.25) is 9.59 Å². The van der Waals surface area contributed by atoms with Gasteiger partial charge in [0.05, 0.1) is 26.4 Å². The number of carbonyl (C=O) groups is 2. The van der Waals surface area contributed by atoms with Gasteiger partial charge in [-0.15, -0.1) is 0 Å². The maximum atomic E-state index is 13.0. The summed E-state index contributed by atoms with van der Waals surface area (Å²) >= 11 is 0. The molecule has 1 aliphatic rings. The summed E-state index contributed by atoms with van der Waals surface area (Å²) in [5, 5.41) is 3.01. The standard InChI is InChI=1S/C30H36N4O5/c1-37-26-13-12-23(22-27(26)38-2)14-16-32-30(36)25-10-6-15-31-29(25)34-19-17-33(18-20-34)28(35)11-7-21-39-24-8-4-3-5-9-24/h3-6,8-10,12-13,15,22H,7,11,14,16-21H2,1-2H3,(H,32,36). The number of ether oxygens (including phenoxy) is 3. The molecule has 1 N–H and O–H groups in total. The van der Waals surface area contributed by atoms with Gasteiger partial charge in [0, 0.05) is 45.3 Å². The van der Waals surface area contributed by atoms with Crippen molar-refractivity contribution in [2.24, 2.45) is 0 Å². The fourth-order valence-electron chi connectivity index (χ4n) is 4.53. The van der Waals surface area contributed by atoms with E-state index in [-0.39, 0.29) is 11.8 Å². The van der Waals surface area contributed by atoms with Crippen LogP contribution in [0.5, 0.6) is 17.2 Å². The first-order valence-electron chi connectivity index (χ1n) is 13.2. The van der Waals surface area contributed by atoms with Crippen molar-refractivity contribution in [2.45, 2.75) is 19.3 Å². The van der Waals surface area contributed by atoms with Crippen LogP contribution in [0.15, 0.2) is 66.9 Å². The van der Waals surface area contributed by atoms with Crippen LogP contribution in [-0.2, 0) is 11.2 Å². The third-order valence-electron chi connectivity index (χ3n) is 6.66. The molecule has 1 fully saturated rings. The van der Waals surface area contributed by atoms with Crippen LogP contribution in [0.1, 0.15) is 28.8 Å². The molecule has 2 heterocycles. The smallest absolute Gasteiger partial charge is 0.255 e. The summed E-state index contributed by atoms with van der Waals surface area (Å²) in [4.78, 5) is 34.2. The molecule has 1 aliphatic heterocycles.